The quantitative estimate of drug-likeness (QED) is 0.210. The SMILES string of the molecule is c1ccc2cc3c(cc2c1)c1ccccc1n3-c1ccc(-c2ccc(-c3nc4c(ccc5oc6ccccc6c54)o3)cc2)cc1. The Labute approximate surface area is 257 Å². The van der Waals surface area contributed by atoms with Crippen molar-refractivity contribution < 1.29 is 8.83 Å². The Balaban J connectivity index is 1.02. The third-order valence-electron chi connectivity index (χ3n) is 9.03. The van der Waals surface area contributed by atoms with E-state index in [2.05, 4.69) is 120 Å². The van der Waals surface area contributed by atoms with Crippen molar-refractivity contribution in [2.45, 2.75) is 0 Å². The number of aromatic nitrogens is 2. The van der Waals surface area contributed by atoms with E-state index < -0.39 is 0 Å². The molecule has 0 aliphatic rings. The Morgan fingerprint density at radius 2 is 1.09 bits per heavy atom. The molecule has 10 rings (SSSR count). The average molecular weight is 577 g/mol. The Morgan fingerprint density at radius 1 is 0.444 bits per heavy atom. The molecular weight excluding hydrogens is 552 g/mol. The topological polar surface area (TPSA) is 44.1 Å². The summed E-state index contributed by atoms with van der Waals surface area (Å²) in [6.45, 7) is 0. The molecule has 0 unspecified atom stereocenters. The second-order valence-corrected chi connectivity index (χ2v) is 11.6. The van der Waals surface area contributed by atoms with Crippen molar-refractivity contribution in [2.24, 2.45) is 0 Å². The molecule has 210 valence electrons. The fraction of sp³-hybridized carbons (Fsp3) is 0. The summed E-state index contributed by atoms with van der Waals surface area (Å²) in [6.07, 6.45) is 0. The van der Waals surface area contributed by atoms with Gasteiger partial charge in [-0.05, 0) is 82.6 Å². The van der Waals surface area contributed by atoms with Gasteiger partial charge in [-0.2, -0.15) is 0 Å². The van der Waals surface area contributed by atoms with Crippen molar-refractivity contribution in [3.8, 4) is 28.3 Å². The van der Waals surface area contributed by atoms with Crippen LogP contribution in [0.5, 0.6) is 0 Å². The van der Waals surface area contributed by atoms with E-state index in [1.165, 1.54) is 32.6 Å². The molecule has 0 radical (unpaired) electrons. The number of rotatable bonds is 3. The van der Waals surface area contributed by atoms with Gasteiger partial charge in [0.15, 0.2) is 5.58 Å². The molecule has 0 amide bonds. The van der Waals surface area contributed by atoms with Crippen molar-refractivity contribution in [1.82, 2.24) is 9.55 Å². The summed E-state index contributed by atoms with van der Waals surface area (Å²) in [5.41, 5.74) is 10.0. The largest absolute Gasteiger partial charge is 0.456 e. The van der Waals surface area contributed by atoms with Crippen molar-refractivity contribution >= 4 is 65.6 Å². The van der Waals surface area contributed by atoms with E-state index in [-0.39, 0.29) is 0 Å². The Bertz CT molecular complexity index is 2740. The number of hydrogen-bond donors (Lipinski definition) is 0. The molecule has 3 aromatic heterocycles. The van der Waals surface area contributed by atoms with E-state index in [1.54, 1.807) is 0 Å². The Kier molecular flexibility index (Phi) is 4.96. The van der Waals surface area contributed by atoms with Crippen LogP contribution in [-0.2, 0) is 0 Å². The number of furan rings is 1. The van der Waals surface area contributed by atoms with Crippen LogP contribution in [0.2, 0.25) is 0 Å². The van der Waals surface area contributed by atoms with E-state index in [9.17, 15) is 0 Å². The fourth-order valence-corrected chi connectivity index (χ4v) is 6.87. The van der Waals surface area contributed by atoms with Gasteiger partial charge in [-0.1, -0.05) is 84.9 Å². The van der Waals surface area contributed by atoms with Gasteiger partial charge in [-0.3, -0.25) is 0 Å². The van der Waals surface area contributed by atoms with Gasteiger partial charge in [0.25, 0.3) is 0 Å². The normalized spacial score (nSPS) is 12.0. The lowest BCUT2D eigenvalue weighted by Gasteiger charge is -2.10. The molecule has 0 N–H and O–H groups in total. The number of oxazole rings is 1. The van der Waals surface area contributed by atoms with Crippen LogP contribution in [0, 0.1) is 0 Å². The van der Waals surface area contributed by atoms with Gasteiger partial charge < -0.3 is 13.4 Å². The van der Waals surface area contributed by atoms with Gasteiger partial charge in [0, 0.05) is 27.4 Å². The Hall–Kier alpha value is -6.13. The zero-order valence-electron chi connectivity index (χ0n) is 24.1. The average Bonchev–Trinajstić information content (AvgIpc) is 3.79. The summed E-state index contributed by atoms with van der Waals surface area (Å²) < 4.78 is 14.6. The molecule has 0 saturated carbocycles. The summed E-state index contributed by atoms with van der Waals surface area (Å²) in [6, 6.07) is 51.1. The van der Waals surface area contributed by atoms with Gasteiger partial charge in [-0.25, -0.2) is 4.98 Å². The first-order valence-corrected chi connectivity index (χ1v) is 15.1. The van der Waals surface area contributed by atoms with E-state index in [4.69, 9.17) is 13.8 Å². The second-order valence-electron chi connectivity index (χ2n) is 11.6. The third kappa shape index (κ3) is 3.63. The molecule has 0 aliphatic carbocycles. The Morgan fingerprint density at radius 3 is 1.91 bits per heavy atom. The first kappa shape index (κ1) is 24.3. The number of nitrogens with zero attached hydrogens (tertiary/aromatic N) is 2. The molecule has 0 atom stereocenters. The molecule has 0 bridgehead atoms. The molecule has 0 saturated heterocycles. The zero-order chi connectivity index (χ0) is 29.5. The van der Waals surface area contributed by atoms with Crippen molar-refractivity contribution in [1.29, 1.82) is 0 Å². The smallest absolute Gasteiger partial charge is 0.227 e. The predicted octanol–water partition coefficient (Wildman–Crippen LogP) is 11.3. The highest BCUT2D eigenvalue weighted by atomic mass is 16.4. The van der Waals surface area contributed by atoms with Crippen molar-refractivity contribution in [3.05, 3.63) is 146 Å². The van der Waals surface area contributed by atoms with Crippen LogP contribution in [0.25, 0.3) is 93.9 Å². The molecule has 10 aromatic rings. The molecule has 4 nitrogen and oxygen atoms in total. The molecule has 3 heterocycles. The number of hydrogen-bond acceptors (Lipinski definition) is 3. The first-order chi connectivity index (χ1) is 22.3. The summed E-state index contributed by atoms with van der Waals surface area (Å²) >= 11 is 0. The summed E-state index contributed by atoms with van der Waals surface area (Å²) in [5, 5.41) is 7.07. The zero-order valence-corrected chi connectivity index (χ0v) is 24.1. The highest BCUT2D eigenvalue weighted by Gasteiger charge is 2.17. The lowest BCUT2D eigenvalue weighted by Crippen LogP contribution is -1.93. The predicted molar refractivity (Wildman–Crippen MR) is 184 cm³/mol. The summed E-state index contributed by atoms with van der Waals surface area (Å²) in [4.78, 5) is 4.92. The van der Waals surface area contributed by atoms with Crippen LogP contribution in [0.4, 0.5) is 0 Å². The number of benzene rings is 7. The van der Waals surface area contributed by atoms with Crippen LogP contribution in [0.3, 0.4) is 0 Å². The molecule has 45 heavy (non-hydrogen) atoms. The summed E-state index contributed by atoms with van der Waals surface area (Å²) in [5.74, 6) is 0.601. The maximum absolute atomic E-state index is 6.22. The van der Waals surface area contributed by atoms with Gasteiger partial charge in [0.2, 0.25) is 5.89 Å². The molecule has 0 spiro atoms. The molecule has 0 fully saturated rings. The van der Waals surface area contributed by atoms with E-state index >= 15 is 0 Å². The van der Waals surface area contributed by atoms with Crippen molar-refractivity contribution in [2.75, 3.05) is 0 Å². The molecule has 7 aromatic carbocycles. The molecule has 0 aliphatic heterocycles. The van der Waals surface area contributed by atoms with Crippen LogP contribution in [-0.4, -0.2) is 9.55 Å². The van der Waals surface area contributed by atoms with E-state index in [0.717, 1.165) is 55.4 Å². The first-order valence-electron chi connectivity index (χ1n) is 15.1. The molecular formula is C41H24N2O2. The standard InChI is InChI=1S/C41H24N2O2/c1-2-8-29-24-35-33(23-28(29)7-1)31-9-3-5-11-34(31)43(35)30-19-17-26(18-20-30)25-13-15-27(16-14-25)41-42-40-38(45-41)22-21-37-39(40)32-10-4-6-12-36(32)44-37/h1-24H. The minimum absolute atomic E-state index is 0.601. The molecule has 4 heteroatoms. The minimum atomic E-state index is 0.601. The maximum Gasteiger partial charge on any atom is 0.227 e. The maximum atomic E-state index is 6.22. The van der Waals surface area contributed by atoms with Gasteiger partial charge in [0.05, 0.1) is 16.4 Å². The van der Waals surface area contributed by atoms with Gasteiger partial charge in [0.1, 0.15) is 16.7 Å². The lowest BCUT2D eigenvalue weighted by atomic mass is 10.0. The fourth-order valence-electron chi connectivity index (χ4n) is 6.87. The second kappa shape index (κ2) is 9.18. The van der Waals surface area contributed by atoms with Crippen LogP contribution in [0.15, 0.2) is 154 Å². The van der Waals surface area contributed by atoms with E-state index in [0.29, 0.717) is 5.89 Å². The van der Waals surface area contributed by atoms with E-state index in [1.807, 2.05) is 30.3 Å². The number of fused-ring (bicyclic) bond motifs is 9. The lowest BCUT2D eigenvalue weighted by molar-refractivity contribution is 0.619. The highest BCUT2D eigenvalue weighted by Crippen LogP contribution is 2.38. The van der Waals surface area contributed by atoms with Gasteiger partial charge >= 0.3 is 0 Å². The van der Waals surface area contributed by atoms with Crippen molar-refractivity contribution in [3.63, 3.8) is 0 Å². The minimum Gasteiger partial charge on any atom is -0.456 e. The van der Waals surface area contributed by atoms with Crippen LogP contribution < -0.4 is 0 Å². The van der Waals surface area contributed by atoms with Gasteiger partial charge in [-0.15, -0.1) is 0 Å². The highest BCUT2D eigenvalue weighted by molar-refractivity contribution is 6.17. The van der Waals surface area contributed by atoms with Crippen LogP contribution >= 0.6 is 0 Å². The number of para-hydroxylation sites is 2. The third-order valence-corrected chi connectivity index (χ3v) is 9.03. The monoisotopic (exact) mass is 576 g/mol. The van der Waals surface area contributed by atoms with Crippen LogP contribution in [0.1, 0.15) is 0 Å². The summed E-state index contributed by atoms with van der Waals surface area (Å²) in [7, 11) is 0.